The molecule has 0 aromatic heterocycles. The molecule has 0 bridgehead atoms. The van der Waals surface area contributed by atoms with Gasteiger partial charge in [-0.2, -0.15) is 0 Å². The lowest BCUT2D eigenvalue weighted by molar-refractivity contribution is -0.156. The van der Waals surface area contributed by atoms with Crippen LogP contribution in [0.25, 0.3) is 0 Å². The number of carbonyl (C=O) groups is 2. The van der Waals surface area contributed by atoms with Gasteiger partial charge >= 0.3 is 5.97 Å². The number of carbonyl (C=O) groups excluding carboxylic acids is 2. The predicted octanol–water partition coefficient (Wildman–Crippen LogP) is 3.40. The summed E-state index contributed by atoms with van der Waals surface area (Å²) in [6.07, 6.45) is 0.635. The molecule has 2 aromatic rings. The molecule has 5 nitrogen and oxygen atoms in total. The van der Waals surface area contributed by atoms with Gasteiger partial charge in [0, 0.05) is 22.4 Å². The highest BCUT2D eigenvalue weighted by Gasteiger charge is 2.28. The van der Waals surface area contributed by atoms with Crippen LogP contribution < -0.4 is 11.5 Å². The molecule has 26 heavy (non-hydrogen) atoms. The van der Waals surface area contributed by atoms with Gasteiger partial charge < -0.3 is 16.2 Å². The van der Waals surface area contributed by atoms with E-state index >= 15 is 0 Å². The van der Waals surface area contributed by atoms with Crippen LogP contribution in [0.15, 0.2) is 42.5 Å². The van der Waals surface area contributed by atoms with E-state index in [9.17, 15) is 9.59 Å². The van der Waals surface area contributed by atoms with E-state index in [-0.39, 0.29) is 11.5 Å². The van der Waals surface area contributed by atoms with Crippen LogP contribution in [0.5, 0.6) is 0 Å². The van der Waals surface area contributed by atoms with Gasteiger partial charge in [0.15, 0.2) is 5.78 Å². The first-order valence-corrected chi connectivity index (χ1v) is 8.65. The second-order valence-corrected chi connectivity index (χ2v) is 7.16. The summed E-state index contributed by atoms with van der Waals surface area (Å²) in [5, 5.41) is 0. The van der Waals surface area contributed by atoms with E-state index in [1.807, 2.05) is 13.0 Å². The van der Waals surface area contributed by atoms with Crippen LogP contribution in [-0.2, 0) is 16.0 Å². The lowest BCUT2D eigenvalue weighted by Gasteiger charge is -2.24. The zero-order valence-electron chi connectivity index (χ0n) is 15.7. The number of hydrogen-bond donors (Lipinski definition) is 2. The van der Waals surface area contributed by atoms with Gasteiger partial charge in [0.25, 0.3) is 0 Å². The molecule has 1 atom stereocenters. The molecule has 0 spiro atoms. The first-order valence-electron chi connectivity index (χ1n) is 8.65. The van der Waals surface area contributed by atoms with Gasteiger partial charge in [0.1, 0.15) is 11.6 Å². The van der Waals surface area contributed by atoms with Gasteiger partial charge in [-0.25, -0.2) is 4.79 Å². The molecule has 2 rings (SSSR count). The Morgan fingerprint density at radius 1 is 1.08 bits per heavy atom. The molecular formula is C21H26N2O3. The van der Waals surface area contributed by atoms with E-state index in [1.165, 1.54) is 0 Å². The van der Waals surface area contributed by atoms with E-state index in [1.54, 1.807) is 57.2 Å². The maximum absolute atomic E-state index is 12.8. The number of benzene rings is 2. The summed E-state index contributed by atoms with van der Waals surface area (Å²) in [6.45, 7) is 7.27. The second kappa shape index (κ2) is 7.70. The van der Waals surface area contributed by atoms with Gasteiger partial charge in [0.05, 0.1) is 0 Å². The fraction of sp³-hybridized carbons (Fsp3) is 0.333. The SMILES string of the molecule is CCc1ccc(C(=O)c2ccccc2)c(N)c1C(N)C(=O)OC(C)(C)C. The quantitative estimate of drug-likeness (QED) is 0.487. The van der Waals surface area contributed by atoms with Crippen molar-refractivity contribution in [2.45, 2.75) is 45.8 Å². The average molecular weight is 354 g/mol. The topological polar surface area (TPSA) is 95.4 Å². The highest BCUT2D eigenvalue weighted by molar-refractivity contribution is 6.12. The summed E-state index contributed by atoms with van der Waals surface area (Å²) >= 11 is 0. The molecule has 0 saturated carbocycles. The van der Waals surface area contributed by atoms with Crippen molar-refractivity contribution in [3.63, 3.8) is 0 Å². The highest BCUT2D eigenvalue weighted by atomic mass is 16.6. The molecule has 0 radical (unpaired) electrons. The Labute approximate surface area is 154 Å². The fourth-order valence-electron chi connectivity index (χ4n) is 2.78. The van der Waals surface area contributed by atoms with Crippen LogP contribution in [0.2, 0.25) is 0 Å². The molecule has 0 aliphatic rings. The van der Waals surface area contributed by atoms with Crippen LogP contribution in [0.1, 0.15) is 60.8 Å². The number of nitrogen functional groups attached to an aromatic ring is 1. The van der Waals surface area contributed by atoms with E-state index < -0.39 is 17.6 Å². The van der Waals surface area contributed by atoms with Crippen LogP contribution in [0, 0.1) is 0 Å². The third kappa shape index (κ3) is 4.29. The van der Waals surface area contributed by atoms with Crippen molar-refractivity contribution in [3.05, 3.63) is 64.7 Å². The van der Waals surface area contributed by atoms with Gasteiger partial charge in [-0.15, -0.1) is 0 Å². The number of aryl methyl sites for hydroxylation is 1. The minimum atomic E-state index is -1.05. The van der Waals surface area contributed by atoms with E-state index in [0.29, 0.717) is 23.1 Å². The predicted molar refractivity (Wildman–Crippen MR) is 103 cm³/mol. The van der Waals surface area contributed by atoms with Crippen molar-refractivity contribution in [2.24, 2.45) is 5.73 Å². The van der Waals surface area contributed by atoms with Crippen LogP contribution >= 0.6 is 0 Å². The van der Waals surface area contributed by atoms with E-state index in [0.717, 1.165) is 5.56 Å². The number of nitrogens with two attached hydrogens (primary N) is 2. The Kier molecular flexibility index (Phi) is 5.83. The number of ether oxygens (including phenoxy) is 1. The standard InChI is InChI=1S/C21H26N2O3/c1-5-13-11-12-15(19(24)14-9-7-6-8-10-14)17(22)16(13)18(23)20(25)26-21(2,3)4/h6-12,18H,5,22-23H2,1-4H3. The van der Waals surface area contributed by atoms with E-state index in [2.05, 4.69) is 0 Å². The molecule has 0 saturated heterocycles. The Hall–Kier alpha value is -2.66. The molecule has 4 N–H and O–H groups in total. The zero-order valence-corrected chi connectivity index (χ0v) is 15.7. The number of rotatable bonds is 5. The first-order chi connectivity index (χ1) is 12.2. The molecule has 0 heterocycles. The van der Waals surface area contributed by atoms with Gasteiger partial charge in [-0.1, -0.05) is 43.3 Å². The largest absolute Gasteiger partial charge is 0.459 e. The molecule has 0 aliphatic carbocycles. The Balaban J connectivity index is 2.49. The molecule has 2 aromatic carbocycles. The lowest BCUT2D eigenvalue weighted by Crippen LogP contribution is -2.33. The van der Waals surface area contributed by atoms with Crippen molar-refractivity contribution in [2.75, 3.05) is 5.73 Å². The lowest BCUT2D eigenvalue weighted by atomic mass is 9.91. The molecule has 0 fully saturated rings. The van der Waals surface area contributed by atoms with Crippen LogP contribution in [-0.4, -0.2) is 17.4 Å². The molecule has 5 heteroatoms. The first kappa shape index (κ1) is 19.7. The van der Waals surface area contributed by atoms with E-state index in [4.69, 9.17) is 16.2 Å². The minimum Gasteiger partial charge on any atom is -0.459 e. The monoisotopic (exact) mass is 354 g/mol. The third-order valence-corrected chi connectivity index (χ3v) is 4.01. The maximum atomic E-state index is 12.8. The number of ketones is 1. The van der Waals surface area contributed by atoms with Crippen molar-refractivity contribution in [3.8, 4) is 0 Å². The third-order valence-electron chi connectivity index (χ3n) is 4.01. The number of esters is 1. The summed E-state index contributed by atoms with van der Waals surface area (Å²) < 4.78 is 5.39. The molecule has 0 aliphatic heterocycles. The average Bonchev–Trinajstić information content (AvgIpc) is 2.59. The molecule has 138 valence electrons. The van der Waals surface area contributed by atoms with Gasteiger partial charge in [-0.3, -0.25) is 4.79 Å². The maximum Gasteiger partial charge on any atom is 0.328 e. The Morgan fingerprint density at radius 3 is 2.23 bits per heavy atom. The summed E-state index contributed by atoms with van der Waals surface area (Å²) in [7, 11) is 0. The Morgan fingerprint density at radius 2 is 1.69 bits per heavy atom. The number of anilines is 1. The van der Waals surface area contributed by atoms with Crippen molar-refractivity contribution in [1.29, 1.82) is 0 Å². The minimum absolute atomic E-state index is 0.205. The van der Waals surface area contributed by atoms with Gasteiger partial charge in [0.2, 0.25) is 0 Å². The summed E-state index contributed by atoms with van der Waals surface area (Å²) in [4.78, 5) is 25.2. The normalized spacial score (nSPS) is 12.5. The second-order valence-electron chi connectivity index (χ2n) is 7.16. The summed E-state index contributed by atoms with van der Waals surface area (Å²) in [5.41, 5.74) is 14.2. The smallest absolute Gasteiger partial charge is 0.328 e. The molecule has 0 amide bonds. The van der Waals surface area contributed by atoms with Crippen LogP contribution in [0.4, 0.5) is 5.69 Å². The fourth-order valence-corrected chi connectivity index (χ4v) is 2.78. The van der Waals surface area contributed by atoms with Crippen molar-refractivity contribution < 1.29 is 14.3 Å². The molecule has 1 unspecified atom stereocenters. The van der Waals surface area contributed by atoms with Crippen LogP contribution in [0.3, 0.4) is 0 Å². The van der Waals surface area contributed by atoms with Crippen molar-refractivity contribution in [1.82, 2.24) is 0 Å². The Bertz CT molecular complexity index is 808. The van der Waals surface area contributed by atoms with Gasteiger partial charge in [-0.05, 0) is 38.8 Å². The zero-order chi connectivity index (χ0) is 19.5. The summed E-state index contributed by atoms with van der Waals surface area (Å²) in [5.74, 6) is -0.772. The summed E-state index contributed by atoms with van der Waals surface area (Å²) in [6, 6.07) is 11.3. The number of hydrogen-bond acceptors (Lipinski definition) is 5. The highest BCUT2D eigenvalue weighted by Crippen LogP contribution is 2.30. The molecular weight excluding hydrogens is 328 g/mol. The van der Waals surface area contributed by atoms with Crippen molar-refractivity contribution >= 4 is 17.4 Å².